The van der Waals surface area contributed by atoms with Crippen molar-refractivity contribution < 1.29 is 18.7 Å². The van der Waals surface area contributed by atoms with Crippen LogP contribution in [0.25, 0.3) is 0 Å². The van der Waals surface area contributed by atoms with Gasteiger partial charge in [-0.25, -0.2) is 4.39 Å². The summed E-state index contributed by atoms with van der Waals surface area (Å²) in [6.07, 6.45) is 0. The SMILES string of the molecule is CC(C)NC(=O)C(C)N(Cc1ccc(F)cc1)C(=O)COc1ccccc1C(C)(C)C. The van der Waals surface area contributed by atoms with Crippen LogP contribution >= 0.6 is 0 Å². The average Bonchev–Trinajstić information content (AvgIpc) is 2.70. The zero-order valence-corrected chi connectivity index (χ0v) is 19.2. The van der Waals surface area contributed by atoms with Crippen LogP contribution in [0.2, 0.25) is 0 Å². The second-order valence-corrected chi connectivity index (χ2v) is 9.02. The van der Waals surface area contributed by atoms with Gasteiger partial charge in [-0.15, -0.1) is 0 Å². The lowest BCUT2D eigenvalue weighted by atomic mass is 9.86. The number of nitrogens with one attached hydrogen (secondary N) is 1. The normalized spacial score (nSPS) is 12.4. The maximum Gasteiger partial charge on any atom is 0.261 e. The molecule has 2 rings (SSSR count). The molecule has 2 aromatic carbocycles. The molecule has 0 saturated carbocycles. The average molecular weight is 429 g/mol. The van der Waals surface area contributed by atoms with E-state index in [1.165, 1.54) is 17.0 Å². The van der Waals surface area contributed by atoms with Gasteiger partial charge in [0.2, 0.25) is 5.91 Å². The van der Waals surface area contributed by atoms with Crippen molar-refractivity contribution in [1.82, 2.24) is 10.2 Å². The summed E-state index contributed by atoms with van der Waals surface area (Å²) in [4.78, 5) is 27.2. The third kappa shape index (κ3) is 7.09. The van der Waals surface area contributed by atoms with Crippen molar-refractivity contribution in [2.75, 3.05) is 6.61 Å². The molecular formula is C25H33FN2O3. The molecule has 0 aliphatic rings. The summed E-state index contributed by atoms with van der Waals surface area (Å²) in [6, 6.07) is 12.8. The summed E-state index contributed by atoms with van der Waals surface area (Å²) >= 11 is 0. The molecule has 1 unspecified atom stereocenters. The van der Waals surface area contributed by atoms with Crippen LogP contribution in [0.1, 0.15) is 52.7 Å². The van der Waals surface area contributed by atoms with Gasteiger partial charge < -0.3 is 15.0 Å². The summed E-state index contributed by atoms with van der Waals surface area (Å²) < 4.78 is 19.2. The van der Waals surface area contributed by atoms with E-state index < -0.39 is 6.04 Å². The summed E-state index contributed by atoms with van der Waals surface area (Å²) in [6.45, 7) is 11.6. The van der Waals surface area contributed by atoms with Crippen molar-refractivity contribution in [1.29, 1.82) is 0 Å². The van der Waals surface area contributed by atoms with Crippen molar-refractivity contribution in [2.24, 2.45) is 0 Å². The van der Waals surface area contributed by atoms with Crippen LogP contribution in [0.4, 0.5) is 4.39 Å². The lowest BCUT2D eigenvalue weighted by molar-refractivity contribution is -0.142. The van der Waals surface area contributed by atoms with Crippen molar-refractivity contribution in [3.63, 3.8) is 0 Å². The number of carbonyl (C=O) groups excluding carboxylic acids is 2. The zero-order chi connectivity index (χ0) is 23.2. The molecular weight excluding hydrogens is 395 g/mol. The second-order valence-electron chi connectivity index (χ2n) is 9.02. The van der Waals surface area contributed by atoms with E-state index in [1.807, 2.05) is 38.1 Å². The van der Waals surface area contributed by atoms with Gasteiger partial charge in [-0.05, 0) is 55.5 Å². The number of halogens is 1. The Morgan fingerprint density at radius 1 is 1.03 bits per heavy atom. The van der Waals surface area contributed by atoms with E-state index in [4.69, 9.17) is 4.74 Å². The number of hydrogen-bond acceptors (Lipinski definition) is 3. The van der Waals surface area contributed by atoms with E-state index in [-0.39, 0.29) is 42.2 Å². The van der Waals surface area contributed by atoms with Crippen molar-refractivity contribution >= 4 is 11.8 Å². The van der Waals surface area contributed by atoms with E-state index >= 15 is 0 Å². The van der Waals surface area contributed by atoms with Gasteiger partial charge in [-0.1, -0.05) is 51.1 Å². The fourth-order valence-electron chi connectivity index (χ4n) is 3.21. The topological polar surface area (TPSA) is 58.6 Å². The molecule has 0 bridgehead atoms. The quantitative estimate of drug-likeness (QED) is 0.676. The van der Waals surface area contributed by atoms with Crippen LogP contribution < -0.4 is 10.1 Å². The first-order valence-corrected chi connectivity index (χ1v) is 10.6. The molecule has 1 N–H and O–H groups in total. The molecule has 0 aliphatic carbocycles. The minimum Gasteiger partial charge on any atom is -0.483 e. The second kappa shape index (κ2) is 10.4. The first-order valence-electron chi connectivity index (χ1n) is 10.6. The van der Waals surface area contributed by atoms with Gasteiger partial charge in [-0.3, -0.25) is 9.59 Å². The van der Waals surface area contributed by atoms with Gasteiger partial charge >= 0.3 is 0 Å². The highest BCUT2D eigenvalue weighted by atomic mass is 19.1. The van der Waals surface area contributed by atoms with Gasteiger partial charge in [0.1, 0.15) is 17.6 Å². The van der Waals surface area contributed by atoms with Crippen molar-refractivity contribution in [3.8, 4) is 5.75 Å². The molecule has 0 saturated heterocycles. The van der Waals surface area contributed by atoms with Crippen LogP contribution in [0.15, 0.2) is 48.5 Å². The molecule has 0 fully saturated rings. The molecule has 6 heteroatoms. The highest BCUT2D eigenvalue weighted by molar-refractivity contribution is 5.88. The molecule has 0 aromatic heterocycles. The monoisotopic (exact) mass is 428 g/mol. The first-order chi connectivity index (χ1) is 14.5. The third-order valence-corrected chi connectivity index (χ3v) is 4.91. The van der Waals surface area contributed by atoms with E-state index in [9.17, 15) is 14.0 Å². The minimum atomic E-state index is -0.707. The van der Waals surface area contributed by atoms with Gasteiger partial charge in [-0.2, -0.15) is 0 Å². The van der Waals surface area contributed by atoms with E-state index in [1.54, 1.807) is 19.1 Å². The number of amides is 2. The fourth-order valence-corrected chi connectivity index (χ4v) is 3.21. The number of hydrogen-bond donors (Lipinski definition) is 1. The molecule has 31 heavy (non-hydrogen) atoms. The predicted molar refractivity (Wildman–Crippen MR) is 120 cm³/mol. The van der Waals surface area contributed by atoms with Crippen LogP contribution in [0.3, 0.4) is 0 Å². The predicted octanol–water partition coefficient (Wildman–Crippen LogP) is 4.44. The fraction of sp³-hybridized carbons (Fsp3) is 0.440. The Labute approximate surface area is 184 Å². The highest BCUT2D eigenvalue weighted by Crippen LogP contribution is 2.31. The Morgan fingerprint density at radius 3 is 2.23 bits per heavy atom. The molecule has 168 valence electrons. The van der Waals surface area contributed by atoms with Crippen LogP contribution in [0.5, 0.6) is 5.75 Å². The Morgan fingerprint density at radius 2 is 1.65 bits per heavy atom. The molecule has 2 amide bonds. The van der Waals surface area contributed by atoms with Crippen molar-refractivity contribution in [2.45, 2.75) is 65.6 Å². The summed E-state index contributed by atoms with van der Waals surface area (Å²) in [7, 11) is 0. The zero-order valence-electron chi connectivity index (χ0n) is 19.2. The van der Waals surface area contributed by atoms with Gasteiger partial charge in [0.25, 0.3) is 5.91 Å². The largest absolute Gasteiger partial charge is 0.483 e. The van der Waals surface area contributed by atoms with Crippen molar-refractivity contribution in [3.05, 3.63) is 65.5 Å². The Bertz CT molecular complexity index is 888. The number of carbonyl (C=O) groups is 2. The molecule has 0 spiro atoms. The summed E-state index contributed by atoms with van der Waals surface area (Å²) in [5.41, 5.74) is 1.59. The third-order valence-electron chi connectivity index (χ3n) is 4.91. The maximum absolute atomic E-state index is 13.3. The van der Waals surface area contributed by atoms with E-state index in [0.717, 1.165) is 11.1 Å². The minimum absolute atomic E-state index is 0.0485. The molecule has 2 aromatic rings. The lowest BCUT2D eigenvalue weighted by Crippen LogP contribution is -2.50. The number of ether oxygens (including phenoxy) is 1. The van der Waals surface area contributed by atoms with Gasteiger partial charge in [0.15, 0.2) is 6.61 Å². The van der Waals surface area contributed by atoms with E-state index in [2.05, 4.69) is 26.1 Å². The molecule has 5 nitrogen and oxygen atoms in total. The van der Waals surface area contributed by atoms with Crippen LogP contribution in [-0.2, 0) is 21.5 Å². The number of para-hydroxylation sites is 1. The first kappa shape index (κ1) is 24.4. The molecule has 1 atom stereocenters. The van der Waals surface area contributed by atoms with Crippen LogP contribution in [0, 0.1) is 5.82 Å². The van der Waals surface area contributed by atoms with Gasteiger partial charge in [0, 0.05) is 12.6 Å². The number of rotatable bonds is 8. The number of benzene rings is 2. The van der Waals surface area contributed by atoms with Crippen LogP contribution in [-0.4, -0.2) is 35.4 Å². The highest BCUT2D eigenvalue weighted by Gasteiger charge is 2.27. The van der Waals surface area contributed by atoms with E-state index in [0.29, 0.717) is 5.75 Å². The Balaban J connectivity index is 2.21. The smallest absolute Gasteiger partial charge is 0.261 e. The standard InChI is InChI=1S/C25H33FN2O3/c1-17(2)27-24(30)18(3)28(15-19-11-13-20(26)14-12-19)23(29)16-31-22-10-8-7-9-21(22)25(4,5)6/h7-14,17-18H,15-16H2,1-6H3,(H,27,30). The van der Waals surface area contributed by atoms with Gasteiger partial charge in [0.05, 0.1) is 0 Å². The molecule has 0 heterocycles. The molecule has 0 radical (unpaired) electrons. The Hall–Kier alpha value is -2.89. The number of nitrogens with zero attached hydrogens (tertiary/aromatic N) is 1. The summed E-state index contributed by atoms with van der Waals surface area (Å²) in [5.74, 6) is -0.279. The molecule has 0 aliphatic heterocycles. The maximum atomic E-state index is 13.3. The Kier molecular flexibility index (Phi) is 8.20. The lowest BCUT2D eigenvalue weighted by Gasteiger charge is -2.30. The summed E-state index contributed by atoms with van der Waals surface area (Å²) in [5, 5.41) is 2.84.